The summed E-state index contributed by atoms with van der Waals surface area (Å²) in [7, 11) is 4.56. The molecule has 21 heteroatoms. The Labute approximate surface area is 457 Å². The first kappa shape index (κ1) is 59.8. The third kappa shape index (κ3) is 11.1. The van der Waals surface area contributed by atoms with E-state index in [0.717, 1.165) is 12.8 Å². The van der Waals surface area contributed by atoms with E-state index in [1.54, 1.807) is 33.3 Å². The van der Waals surface area contributed by atoms with Gasteiger partial charge in [0.15, 0.2) is 25.2 Å². The zero-order valence-corrected chi connectivity index (χ0v) is 46.7. The number of allylic oxidation sites excluding steroid dienone is 1. The maximum absolute atomic E-state index is 13.9. The van der Waals surface area contributed by atoms with Crippen LogP contribution in [0.15, 0.2) is 42.0 Å². The summed E-state index contributed by atoms with van der Waals surface area (Å²) in [5.74, 6) is -1.11. The lowest BCUT2D eigenvalue weighted by atomic mass is 9.44. The predicted molar refractivity (Wildman–Crippen MR) is 273 cm³/mol. The van der Waals surface area contributed by atoms with E-state index in [-0.39, 0.29) is 41.7 Å². The monoisotopic (exact) mass is 1110 g/mol. The molecule has 0 amide bonds. The molecule has 1 aromatic rings. The van der Waals surface area contributed by atoms with Gasteiger partial charge in [-0.2, -0.15) is 0 Å². The lowest BCUT2D eigenvalue weighted by Gasteiger charge is -2.63. The summed E-state index contributed by atoms with van der Waals surface area (Å²) in [6.45, 7) is 12.4. The molecule has 27 unspecified atom stereocenters. The van der Waals surface area contributed by atoms with Gasteiger partial charge in [0.2, 0.25) is 0 Å². The third-order valence-electron chi connectivity index (χ3n) is 19.5. The molecule has 4 aliphatic carbocycles. The number of esters is 2. The highest BCUT2D eigenvalue weighted by molar-refractivity contribution is 5.89. The first-order valence-electron chi connectivity index (χ1n) is 28.1. The van der Waals surface area contributed by atoms with Crippen LogP contribution in [0.5, 0.6) is 0 Å². The molecule has 78 heavy (non-hydrogen) atoms. The Balaban J connectivity index is 0.809. The van der Waals surface area contributed by atoms with E-state index < -0.39 is 146 Å². The van der Waals surface area contributed by atoms with Gasteiger partial charge in [-0.3, -0.25) is 4.79 Å². The minimum Gasteiger partial charge on any atom is -0.463 e. The molecule has 440 valence electrons. The summed E-state index contributed by atoms with van der Waals surface area (Å²) in [5, 5.41) is 65.6. The Hall–Kier alpha value is -2.78. The lowest BCUT2D eigenvalue weighted by Crippen LogP contribution is -2.67. The van der Waals surface area contributed by atoms with Crippen LogP contribution in [0.25, 0.3) is 0 Å². The lowest BCUT2D eigenvalue weighted by molar-refractivity contribution is -0.373. The first-order valence-corrected chi connectivity index (χ1v) is 28.1. The average molecular weight is 1110 g/mol. The largest absolute Gasteiger partial charge is 0.463 e. The standard InChI is InChI=1S/C57H86O21/c1-27(69-31(5)59)35-19-21-57(65)36-17-16-33-22-34(18-20-55(33,6)37(36)23-41(56(35,57)7)75-52(64)32-14-12-11-13-15-32)73-42-24-38(66-8)48(28(2)70-42)76-43-25-39(67-9)49(29(3)71-43)77-54-47(63)51(68-10)50(30(4)72-54)78-53-46(62)45(61)44(60)40(26-58)74-53/h11-16,27-30,34-51,53-54,58,60-63,65H,17-26H2,1-10H3. The van der Waals surface area contributed by atoms with E-state index in [1.165, 1.54) is 19.6 Å². The molecule has 9 rings (SSSR count). The highest BCUT2D eigenvalue weighted by Crippen LogP contribution is 2.69. The SMILES string of the molecule is COC1CC(OC2CCC3(C)C(=CCC4C3CC(OC(=O)c3ccccc3)C3(C)C(C(C)OC(C)=O)CCC43O)C2)OC(C)C1OC1CC(OC)C(OC2OC(C)C(OC3OC(CO)C(O)C(O)C3O)C(OC)C2O)C(C)O1. The number of hydrogen-bond donors (Lipinski definition) is 6. The van der Waals surface area contributed by atoms with Gasteiger partial charge in [-0.15, -0.1) is 0 Å². The van der Waals surface area contributed by atoms with Gasteiger partial charge in [-0.1, -0.05) is 43.7 Å². The van der Waals surface area contributed by atoms with Crippen LogP contribution in [-0.2, 0) is 66.4 Å². The maximum Gasteiger partial charge on any atom is 0.338 e. The molecule has 0 bridgehead atoms. The maximum atomic E-state index is 13.9. The van der Waals surface area contributed by atoms with Crippen LogP contribution in [0.3, 0.4) is 0 Å². The summed E-state index contributed by atoms with van der Waals surface area (Å²) in [6.07, 6.45) is -11.5. The van der Waals surface area contributed by atoms with Crippen LogP contribution < -0.4 is 0 Å². The summed E-state index contributed by atoms with van der Waals surface area (Å²) < 4.78 is 80.6. The Bertz CT molecular complexity index is 2220. The second kappa shape index (κ2) is 24.2. The van der Waals surface area contributed by atoms with Gasteiger partial charge in [0, 0.05) is 52.4 Å². The van der Waals surface area contributed by atoms with Gasteiger partial charge >= 0.3 is 11.9 Å². The van der Waals surface area contributed by atoms with Crippen LogP contribution in [0.1, 0.15) is 117 Å². The number of carbonyl (C=O) groups excluding carboxylic acids is 2. The molecule has 4 saturated heterocycles. The van der Waals surface area contributed by atoms with Gasteiger partial charge < -0.3 is 92.2 Å². The third-order valence-corrected chi connectivity index (χ3v) is 19.5. The van der Waals surface area contributed by atoms with Crippen molar-refractivity contribution < 1.29 is 102 Å². The number of benzene rings is 1. The van der Waals surface area contributed by atoms with Gasteiger partial charge in [0.1, 0.15) is 67.1 Å². The number of aliphatic hydroxyl groups is 6. The number of carbonyl (C=O) groups is 2. The second-order valence-corrected chi connectivity index (χ2v) is 23.7. The Morgan fingerprint density at radius 3 is 1.95 bits per heavy atom. The molecular formula is C57H86O21. The molecule has 4 heterocycles. The number of hydrogen-bond acceptors (Lipinski definition) is 21. The minimum absolute atomic E-state index is 0.0153. The molecule has 8 aliphatic rings. The molecule has 1 aromatic carbocycles. The quantitative estimate of drug-likeness (QED) is 0.102. The number of aliphatic hydroxyl groups excluding tert-OH is 5. The van der Waals surface area contributed by atoms with Crippen molar-refractivity contribution in [2.45, 2.75) is 241 Å². The Kier molecular flexibility index (Phi) is 18.6. The van der Waals surface area contributed by atoms with Crippen molar-refractivity contribution in [2.75, 3.05) is 27.9 Å². The molecule has 6 N–H and O–H groups in total. The molecular weight excluding hydrogens is 1020 g/mol. The molecule has 21 nitrogen and oxygen atoms in total. The van der Waals surface area contributed by atoms with Gasteiger partial charge in [0.05, 0.1) is 54.4 Å². The van der Waals surface area contributed by atoms with Crippen molar-refractivity contribution in [3.8, 4) is 0 Å². The summed E-state index contributed by atoms with van der Waals surface area (Å²) in [4.78, 5) is 26.1. The summed E-state index contributed by atoms with van der Waals surface area (Å²) >= 11 is 0. The van der Waals surface area contributed by atoms with Crippen molar-refractivity contribution in [1.29, 1.82) is 0 Å². The highest BCUT2D eigenvalue weighted by Gasteiger charge is 2.72. The van der Waals surface area contributed by atoms with E-state index in [0.29, 0.717) is 44.1 Å². The molecule has 27 atom stereocenters. The van der Waals surface area contributed by atoms with Crippen LogP contribution in [0.2, 0.25) is 0 Å². The molecule has 0 radical (unpaired) electrons. The summed E-state index contributed by atoms with van der Waals surface area (Å²) in [6, 6.07) is 8.95. The minimum atomic E-state index is -1.67. The predicted octanol–water partition coefficient (Wildman–Crippen LogP) is 3.23. The van der Waals surface area contributed by atoms with Crippen LogP contribution in [0.4, 0.5) is 0 Å². The van der Waals surface area contributed by atoms with Gasteiger partial charge in [-0.05, 0) is 102 Å². The normalized spacial score (nSPS) is 47.9. The number of methoxy groups -OCH3 is 3. The van der Waals surface area contributed by atoms with Gasteiger partial charge in [0.25, 0.3) is 0 Å². The first-order chi connectivity index (χ1) is 37.1. The van der Waals surface area contributed by atoms with Crippen LogP contribution in [-0.4, -0.2) is 205 Å². The summed E-state index contributed by atoms with van der Waals surface area (Å²) in [5.41, 5.74) is -0.617. The van der Waals surface area contributed by atoms with Gasteiger partial charge in [-0.25, -0.2) is 4.79 Å². The molecule has 0 aromatic heterocycles. The van der Waals surface area contributed by atoms with Crippen molar-refractivity contribution in [3.63, 3.8) is 0 Å². The average Bonchev–Trinajstić information content (AvgIpc) is 3.62. The molecule has 3 saturated carbocycles. The molecule has 4 aliphatic heterocycles. The fourth-order valence-electron chi connectivity index (χ4n) is 15.2. The Morgan fingerprint density at radius 2 is 1.32 bits per heavy atom. The topological polar surface area (TPSA) is 276 Å². The number of ether oxygens (including phenoxy) is 13. The number of rotatable bonds is 16. The van der Waals surface area contributed by atoms with E-state index >= 15 is 0 Å². The molecule has 7 fully saturated rings. The highest BCUT2D eigenvalue weighted by atomic mass is 16.8. The van der Waals surface area contributed by atoms with Crippen molar-refractivity contribution >= 4 is 11.9 Å². The van der Waals surface area contributed by atoms with Crippen molar-refractivity contribution in [1.82, 2.24) is 0 Å². The van der Waals surface area contributed by atoms with Crippen LogP contribution >= 0.6 is 0 Å². The van der Waals surface area contributed by atoms with Crippen LogP contribution in [0, 0.1) is 28.6 Å². The molecule has 0 spiro atoms. The zero-order chi connectivity index (χ0) is 56.2. The smallest absolute Gasteiger partial charge is 0.338 e. The van der Waals surface area contributed by atoms with Crippen molar-refractivity contribution in [2.24, 2.45) is 28.6 Å². The van der Waals surface area contributed by atoms with E-state index in [2.05, 4.69) is 13.0 Å². The Morgan fingerprint density at radius 1 is 0.705 bits per heavy atom. The van der Waals surface area contributed by atoms with E-state index in [1.807, 2.05) is 45.9 Å². The number of fused-ring (bicyclic) bond motifs is 5. The fraction of sp³-hybridized carbons (Fsp3) is 0.825. The van der Waals surface area contributed by atoms with E-state index in [9.17, 15) is 40.2 Å². The zero-order valence-electron chi connectivity index (χ0n) is 46.7. The van der Waals surface area contributed by atoms with E-state index in [4.69, 9.17) is 61.6 Å². The fourth-order valence-corrected chi connectivity index (χ4v) is 15.2. The van der Waals surface area contributed by atoms with Crippen molar-refractivity contribution in [3.05, 3.63) is 47.5 Å². The second-order valence-electron chi connectivity index (χ2n) is 23.7.